The van der Waals surface area contributed by atoms with Crippen LogP contribution in [0.5, 0.6) is 0 Å². The van der Waals surface area contributed by atoms with Crippen LogP contribution in [-0.4, -0.2) is 23.1 Å². The van der Waals surface area contributed by atoms with Crippen molar-refractivity contribution in [3.63, 3.8) is 0 Å². The summed E-state index contributed by atoms with van der Waals surface area (Å²) < 4.78 is 5.23. The van der Waals surface area contributed by atoms with E-state index in [-0.39, 0.29) is 10.8 Å². The maximum Gasteiger partial charge on any atom is 0.139 e. The number of fused-ring (bicyclic) bond motifs is 1. The number of rotatable bonds is 3. The van der Waals surface area contributed by atoms with Crippen LogP contribution in [0.1, 0.15) is 52.9 Å². The van der Waals surface area contributed by atoms with Gasteiger partial charge in [0.15, 0.2) is 0 Å². The van der Waals surface area contributed by atoms with Gasteiger partial charge in [-0.15, -0.1) is 0 Å². The van der Waals surface area contributed by atoms with Crippen molar-refractivity contribution >= 4 is 5.78 Å². The molecule has 1 N–H and O–H groups in total. The Morgan fingerprint density at radius 2 is 2.06 bits per heavy atom. The molecule has 0 saturated heterocycles. The van der Waals surface area contributed by atoms with E-state index in [1.165, 1.54) is 0 Å². The SMILES string of the molecule is CCO/C=C\C1(O)CCC[C@]2(C)C(=O)CC[C@@]12C. The summed E-state index contributed by atoms with van der Waals surface area (Å²) in [5.74, 6) is 0.313. The minimum Gasteiger partial charge on any atom is -0.502 e. The molecule has 0 aliphatic heterocycles. The van der Waals surface area contributed by atoms with Gasteiger partial charge in [-0.2, -0.15) is 0 Å². The smallest absolute Gasteiger partial charge is 0.139 e. The summed E-state index contributed by atoms with van der Waals surface area (Å²) in [4.78, 5) is 12.2. The standard InChI is InChI=1S/C15H24O3/c1-4-18-11-10-15(17)8-5-7-13(2)12(16)6-9-14(13,15)3/h10-11,17H,4-9H2,1-3H3/b11-10-/t13-,14-,15?/m1/s1. The van der Waals surface area contributed by atoms with Crippen LogP contribution in [0.3, 0.4) is 0 Å². The zero-order valence-corrected chi connectivity index (χ0v) is 11.7. The van der Waals surface area contributed by atoms with E-state index in [4.69, 9.17) is 4.74 Å². The number of carbonyl (C=O) groups is 1. The van der Waals surface area contributed by atoms with Crippen LogP contribution in [0, 0.1) is 10.8 Å². The van der Waals surface area contributed by atoms with Gasteiger partial charge in [-0.1, -0.05) is 13.8 Å². The van der Waals surface area contributed by atoms with Crippen LogP contribution in [0.4, 0.5) is 0 Å². The summed E-state index contributed by atoms with van der Waals surface area (Å²) in [6.45, 7) is 6.61. The van der Waals surface area contributed by atoms with Gasteiger partial charge in [-0.3, -0.25) is 4.79 Å². The Hall–Kier alpha value is -0.830. The van der Waals surface area contributed by atoms with Crippen molar-refractivity contribution in [3.05, 3.63) is 12.3 Å². The van der Waals surface area contributed by atoms with E-state index < -0.39 is 5.60 Å². The predicted molar refractivity (Wildman–Crippen MR) is 70.0 cm³/mol. The van der Waals surface area contributed by atoms with E-state index in [1.807, 2.05) is 13.8 Å². The van der Waals surface area contributed by atoms with Gasteiger partial charge in [0.1, 0.15) is 5.78 Å². The Kier molecular flexibility index (Phi) is 3.30. The Bertz CT molecular complexity index is 376. The van der Waals surface area contributed by atoms with E-state index in [0.717, 1.165) is 25.7 Å². The molecule has 18 heavy (non-hydrogen) atoms. The van der Waals surface area contributed by atoms with Crippen LogP contribution in [0.2, 0.25) is 0 Å². The summed E-state index contributed by atoms with van der Waals surface area (Å²) in [5, 5.41) is 11.0. The minimum absolute atomic E-state index is 0.313. The fourth-order valence-corrected chi connectivity index (χ4v) is 3.84. The first-order chi connectivity index (χ1) is 8.40. The molecule has 0 aromatic rings. The number of ether oxygens (including phenoxy) is 1. The first-order valence-electron chi connectivity index (χ1n) is 6.95. The third kappa shape index (κ3) is 1.63. The molecule has 102 valence electrons. The first kappa shape index (κ1) is 13.6. The molecule has 3 nitrogen and oxygen atoms in total. The maximum atomic E-state index is 12.2. The Morgan fingerprint density at radius 3 is 2.72 bits per heavy atom. The molecular formula is C15H24O3. The lowest BCUT2D eigenvalue weighted by molar-refractivity contribution is -0.152. The van der Waals surface area contributed by atoms with Crippen molar-refractivity contribution in [3.8, 4) is 0 Å². The Balaban J connectivity index is 2.34. The largest absolute Gasteiger partial charge is 0.502 e. The second-order valence-corrected chi connectivity index (χ2v) is 6.12. The minimum atomic E-state index is -0.915. The van der Waals surface area contributed by atoms with E-state index in [9.17, 15) is 9.90 Å². The second kappa shape index (κ2) is 4.37. The third-order valence-electron chi connectivity index (χ3n) is 5.48. The quantitative estimate of drug-likeness (QED) is 0.786. The number of aliphatic hydroxyl groups is 1. The lowest BCUT2D eigenvalue weighted by Gasteiger charge is -2.53. The maximum absolute atomic E-state index is 12.2. The van der Waals surface area contributed by atoms with Gasteiger partial charge in [0.05, 0.1) is 18.5 Å². The van der Waals surface area contributed by atoms with Crippen molar-refractivity contribution in [1.29, 1.82) is 0 Å². The highest BCUT2D eigenvalue weighted by Gasteiger charge is 2.64. The van der Waals surface area contributed by atoms with Gasteiger partial charge in [-0.05, 0) is 38.7 Å². The van der Waals surface area contributed by atoms with E-state index in [2.05, 4.69) is 6.92 Å². The van der Waals surface area contributed by atoms with Gasteiger partial charge < -0.3 is 9.84 Å². The zero-order valence-electron chi connectivity index (χ0n) is 11.7. The lowest BCUT2D eigenvalue weighted by Crippen LogP contribution is -2.56. The molecule has 0 bridgehead atoms. The summed E-state index contributed by atoms with van der Waals surface area (Å²) >= 11 is 0. The third-order valence-corrected chi connectivity index (χ3v) is 5.48. The summed E-state index contributed by atoms with van der Waals surface area (Å²) in [5.41, 5.74) is -1.65. The molecule has 0 aromatic heterocycles. The monoisotopic (exact) mass is 252 g/mol. The van der Waals surface area contributed by atoms with E-state index in [0.29, 0.717) is 18.8 Å². The average Bonchev–Trinajstić information content (AvgIpc) is 2.56. The molecule has 3 atom stereocenters. The lowest BCUT2D eigenvalue weighted by atomic mass is 9.52. The van der Waals surface area contributed by atoms with Crippen LogP contribution in [0.15, 0.2) is 12.3 Å². The van der Waals surface area contributed by atoms with Crippen molar-refractivity contribution in [2.75, 3.05) is 6.61 Å². The molecule has 2 saturated carbocycles. The summed E-state index contributed by atoms with van der Waals surface area (Å²) in [7, 11) is 0. The molecular weight excluding hydrogens is 228 g/mol. The molecule has 1 unspecified atom stereocenters. The Labute approximate surface area is 109 Å². The van der Waals surface area contributed by atoms with Crippen LogP contribution in [0.25, 0.3) is 0 Å². The second-order valence-electron chi connectivity index (χ2n) is 6.12. The molecule has 0 amide bonds. The average molecular weight is 252 g/mol. The molecule has 2 aliphatic carbocycles. The van der Waals surface area contributed by atoms with Gasteiger partial charge in [0.25, 0.3) is 0 Å². The predicted octanol–water partition coefficient (Wildman–Crippen LogP) is 2.83. The number of Topliss-reactive ketones (excluding diaryl/α,β-unsaturated/α-hetero) is 1. The van der Waals surface area contributed by atoms with Crippen molar-refractivity contribution in [1.82, 2.24) is 0 Å². The van der Waals surface area contributed by atoms with Gasteiger partial charge >= 0.3 is 0 Å². The molecule has 2 rings (SSSR count). The topological polar surface area (TPSA) is 46.5 Å². The fraction of sp³-hybridized carbons (Fsp3) is 0.800. The first-order valence-corrected chi connectivity index (χ1v) is 6.95. The highest BCUT2D eigenvalue weighted by Crippen LogP contribution is 2.63. The van der Waals surface area contributed by atoms with Gasteiger partial charge in [0, 0.05) is 17.3 Å². The zero-order chi connectivity index (χ0) is 13.4. The number of ketones is 1. The Morgan fingerprint density at radius 1 is 1.33 bits per heavy atom. The van der Waals surface area contributed by atoms with Gasteiger partial charge in [-0.25, -0.2) is 0 Å². The molecule has 0 radical (unpaired) electrons. The van der Waals surface area contributed by atoms with Crippen molar-refractivity contribution in [2.45, 2.75) is 58.5 Å². The van der Waals surface area contributed by atoms with Crippen LogP contribution < -0.4 is 0 Å². The number of carbonyl (C=O) groups excluding carboxylic acids is 1. The fourth-order valence-electron chi connectivity index (χ4n) is 3.84. The molecule has 2 aliphatic rings. The molecule has 3 heteroatoms. The van der Waals surface area contributed by atoms with Crippen molar-refractivity contribution in [2.24, 2.45) is 10.8 Å². The molecule has 0 aromatic carbocycles. The normalized spacial score (nSPS) is 44.3. The van der Waals surface area contributed by atoms with Gasteiger partial charge in [0.2, 0.25) is 0 Å². The number of hydrogen-bond acceptors (Lipinski definition) is 3. The van der Waals surface area contributed by atoms with E-state index >= 15 is 0 Å². The molecule has 0 spiro atoms. The molecule has 2 fully saturated rings. The highest BCUT2D eigenvalue weighted by molar-refractivity contribution is 5.88. The summed E-state index contributed by atoms with van der Waals surface area (Å²) in [6, 6.07) is 0. The molecule has 0 heterocycles. The van der Waals surface area contributed by atoms with E-state index in [1.54, 1.807) is 12.3 Å². The number of hydrogen-bond donors (Lipinski definition) is 1. The summed E-state index contributed by atoms with van der Waals surface area (Å²) in [6.07, 6.45) is 7.24. The van der Waals surface area contributed by atoms with Crippen molar-refractivity contribution < 1.29 is 14.6 Å². The highest BCUT2D eigenvalue weighted by atomic mass is 16.5. The van der Waals surface area contributed by atoms with Crippen LogP contribution >= 0.6 is 0 Å². The van der Waals surface area contributed by atoms with Crippen LogP contribution in [-0.2, 0) is 9.53 Å².